The van der Waals surface area contributed by atoms with Crippen LogP contribution in [0.3, 0.4) is 0 Å². The minimum atomic E-state index is -1.07. The number of hydrogen-bond donors (Lipinski definition) is 2. The zero-order valence-electron chi connectivity index (χ0n) is 19.2. The molecule has 0 spiro atoms. The van der Waals surface area contributed by atoms with Gasteiger partial charge in [0.1, 0.15) is 23.7 Å². The molecular weight excluding hydrogens is 435 g/mol. The Hall–Kier alpha value is -3.88. The van der Waals surface area contributed by atoms with Crippen molar-refractivity contribution < 1.29 is 14.0 Å². The fourth-order valence-electron chi connectivity index (χ4n) is 4.13. The van der Waals surface area contributed by atoms with Gasteiger partial charge in [0.05, 0.1) is 11.4 Å². The van der Waals surface area contributed by atoms with Crippen LogP contribution in [0, 0.1) is 5.92 Å². The third-order valence-corrected chi connectivity index (χ3v) is 6.27. The number of dihydropyridines is 1. The molecule has 3 aromatic rings. The molecule has 1 amide bonds. The predicted molar refractivity (Wildman–Crippen MR) is 127 cm³/mol. The van der Waals surface area contributed by atoms with Crippen molar-refractivity contribution in [1.82, 2.24) is 24.8 Å². The number of allylic oxidation sites excluding steroid dienone is 2. The summed E-state index contributed by atoms with van der Waals surface area (Å²) < 4.78 is 15.1. The number of ketones is 1. The number of carbonyl (C=O) groups is 2. The van der Waals surface area contributed by atoms with Gasteiger partial charge in [-0.05, 0) is 25.0 Å². The van der Waals surface area contributed by atoms with E-state index in [4.69, 9.17) is 4.98 Å². The number of carbonyl (C=O) groups excluding carboxylic acids is 2. The van der Waals surface area contributed by atoms with E-state index in [9.17, 15) is 14.0 Å². The molecule has 9 heteroatoms. The first kappa shape index (κ1) is 21.9. The Morgan fingerprint density at radius 1 is 1.29 bits per heavy atom. The number of rotatable bonds is 6. The smallest absolute Gasteiger partial charge is 0.231 e. The molecule has 34 heavy (non-hydrogen) atoms. The Bertz CT molecular complexity index is 1370. The van der Waals surface area contributed by atoms with Crippen LogP contribution in [0.15, 0.2) is 48.6 Å². The molecule has 0 saturated heterocycles. The van der Waals surface area contributed by atoms with Gasteiger partial charge in [-0.2, -0.15) is 0 Å². The number of hydrogen-bond acceptors (Lipinski definition) is 6. The first-order valence-corrected chi connectivity index (χ1v) is 11.3. The van der Waals surface area contributed by atoms with Gasteiger partial charge >= 0.3 is 0 Å². The highest BCUT2D eigenvalue weighted by molar-refractivity contribution is 5.97. The third-order valence-electron chi connectivity index (χ3n) is 6.27. The number of anilines is 1. The molecule has 0 aromatic carbocycles. The van der Waals surface area contributed by atoms with Gasteiger partial charge in [-0.1, -0.05) is 13.0 Å². The molecule has 3 aromatic heterocycles. The second-order valence-electron chi connectivity index (χ2n) is 8.73. The lowest BCUT2D eigenvalue weighted by atomic mass is 9.92. The Labute approximate surface area is 196 Å². The van der Waals surface area contributed by atoms with Crippen molar-refractivity contribution in [2.45, 2.75) is 38.9 Å². The quantitative estimate of drug-likeness (QED) is 0.583. The van der Waals surface area contributed by atoms with Gasteiger partial charge in [-0.25, -0.2) is 19.3 Å². The molecule has 0 radical (unpaired) electrons. The molecule has 2 aliphatic rings. The van der Waals surface area contributed by atoms with Crippen LogP contribution in [-0.4, -0.2) is 43.4 Å². The summed E-state index contributed by atoms with van der Waals surface area (Å²) in [4.78, 5) is 38.0. The Morgan fingerprint density at radius 2 is 2.09 bits per heavy atom. The summed E-state index contributed by atoms with van der Waals surface area (Å²) in [6.07, 6.45) is 8.62. The van der Waals surface area contributed by atoms with Crippen molar-refractivity contribution in [3.63, 3.8) is 0 Å². The highest BCUT2D eigenvalue weighted by Crippen LogP contribution is 2.36. The number of aryl methyl sites for hydroxylation is 1. The van der Waals surface area contributed by atoms with Crippen LogP contribution >= 0.6 is 0 Å². The van der Waals surface area contributed by atoms with E-state index in [-0.39, 0.29) is 24.2 Å². The number of Topliss-reactive ketones (excluding diaryl/α,β-unsaturated/α-hetero) is 1. The molecule has 3 atom stereocenters. The third kappa shape index (κ3) is 3.98. The highest BCUT2D eigenvalue weighted by atomic mass is 19.1. The van der Waals surface area contributed by atoms with Crippen LogP contribution in [0.25, 0.3) is 28.0 Å². The van der Waals surface area contributed by atoms with E-state index in [1.165, 1.54) is 0 Å². The minimum absolute atomic E-state index is 0.125. The molecule has 4 heterocycles. The van der Waals surface area contributed by atoms with Gasteiger partial charge in [-0.15, -0.1) is 0 Å². The van der Waals surface area contributed by atoms with Crippen molar-refractivity contribution in [1.29, 1.82) is 0 Å². The van der Waals surface area contributed by atoms with Crippen LogP contribution in [-0.2, 0) is 16.6 Å². The number of nitrogens with one attached hydrogen (secondary N) is 2. The monoisotopic (exact) mass is 460 g/mol. The second-order valence-corrected chi connectivity index (χ2v) is 8.73. The second kappa shape index (κ2) is 8.48. The number of halogens is 1. The number of pyridine rings is 2. The Morgan fingerprint density at radius 3 is 2.74 bits per heavy atom. The minimum Gasteiger partial charge on any atom is -0.378 e. The molecule has 5 rings (SSSR count). The fraction of sp³-hybridized carbons (Fsp3) is 0.320. The number of fused-ring (bicyclic) bond motifs is 1. The van der Waals surface area contributed by atoms with Crippen molar-refractivity contribution in [2.24, 2.45) is 13.0 Å². The van der Waals surface area contributed by atoms with Crippen molar-refractivity contribution in [3.8, 4) is 11.5 Å². The van der Waals surface area contributed by atoms with E-state index in [1.807, 2.05) is 50.0 Å². The van der Waals surface area contributed by atoms with Gasteiger partial charge in [-0.3, -0.25) is 9.59 Å². The fourth-order valence-corrected chi connectivity index (χ4v) is 4.13. The zero-order valence-corrected chi connectivity index (χ0v) is 19.2. The van der Waals surface area contributed by atoms with Gasteiger partial charge < -0.3 is 15.2 Å². The van der Waals surface area contributed by atoms with Crippen LogP contribution in [0.5, 0.6) is 0 Å². The lowest BCUT2D eigenvalue weighted by Gasteiger charge is -2.22. The number of nitrogens with zero attached hydrogens (tertiary/aromatic N) is 4. The predicted octanol–water partition coefficient (Wildman–Crippen LogP) is 3.56. The molecule has 3 unspecified atom stereocenters. The first-order valence-electron chi connectivity index (χ1n) is 11.3. The normalized spacial score (nSPS) is 21.5. The average molecular weight is 461 g/mol. The van der Waals surface area contributed by atoms with E-state index in [0.29, 0.717) is 29.3 Å². The maximum atomic E-state index is 13.2. The molecule has 0 bridgehead atoms. The molecule has 1 aliphatic carbocycles. The first-order chi connectivity index (χ1) is 16.4. The molecule has 8 nitrogen and oxygen atoms in total. The number of aromatic nitrogens is 4. The summed E-state index contributed by atoms with van der Waals surface area (Å²) in [5.41, 5.74) is 4.01. The average Bonchev–Trinajstić information content (AvgIpc) is 3.42. The highest BCUT2D eigenvalue weighted by Gasteiger charge is 2.43. The van der Waals surface area contributed by atoms with Crippen molar-refractivity contribution in [3.05, 3.63) is 54.1 Å². The summed E-state index contributed by atoms with van der Waals surface area (Å²) in [5.74, 6) is 0.173. The topological polar surface area (TPSA) is 102 Å². The van der Waals surface area contributed by atoms with E-state index in [0.717, 1.165) is 22.1 Å². The maximum Gasteiger partial charge on any atom is 0.231 e. The SMILES string of the molecule is CCC(=O)C1C=C(C)C(c2cc3cnc(NC(=O)C4CC4F)cc3nc2-c2nccn2C)=CN1. The standard InChI is InChI=1S/C25H25FN6O2/c1-4-21(33)20-7-13(2)17(12-28-20)15-8-14-11-29-22(31-25(34)16-9-18(16)26)10-19(14)30-23(15)24-27-5-6-32(24)3/h5-8,10-12,16,18,20,28H,4,9H2,1-3H3,(H,29,31,34). The Balaban J connectivity index is 1.57. The van der Waals surface area contributed by atoms with Crippen LogP contribution in [0.4, 0.5) is 10.2 Å². The van der Waals surface area contributed by atoms with E-state index < -0.39 is 12.1 Å². The van der Waals surface area contributed by atoms with E-state index in [1.54, 1.807) is 18.5 Å². The molecule has 1 fully saturated rings. The summed E-state index contributed by atoms with van der Waals surface area (Å²) in [6, 6.07) is 3.32. The summed E-state index contributed by atoms with van der Waals surface area (Å²) in [5, 5.41) is 6.66. The van der Waals surface area contributed by atoms with Gasteiger partial charge in [0.2, 0.25) is 5.91 Å². The molecule has 1 aliphatic heterocycles. The molecular formula is C25H25FN6O2. The number of imidazole rings is 1. The van der Waals surface area contributed by atoms with E-state index >= 15 is 0 Å². The van der Waals surface area contributed by atoms with Crippen LogP contribution < -0.4 is 10.6 Å². The molecule has 2 N–H and O–H groups in total. The van der Waals surface area contributed by atoms with Gasteiger partial charge in [0.25, 0.3) is 0 Å². The lowest BCUT2D eigenvalue weighted by molar-refractivity contribution is -0.119. The van der Waals surface area contributed by atoms with Gasteiger partial charge in [0, 0.05) is 60.8 Å². The van der Waals surface area contributed by atoms with E-state index in [2.05, 4.69) is 20.6 Å². The summed E-state index contributed by atoms with van der Waals surface area (Å²) in [6.45, 7) is 3.82. The number of amides is 1. The zero-order chi connectivity index (χ0) is 24.0. The molecule has 174 valence electrons. The van der Waals surface area contributed by atoms with Crippen molar-refractivity contribution >= 4 is 34.0 Å². The number of alkyl halides is 1. The molecule has 1 saturated carbocycles. The maximum absolute atomic E-state index is 13.2. The summed E-state index contributed by atoms with van der Waals surface area (Å²) in [7, 11) is 1.89. The van der Waals surface area contributed by atoms with Crippen LogP contribution in [0.1, 0.15) is 32.3 Å². The summed E-state index contributed by atoms with van der Waals surface area (Å²) >= 11 is 0. The van der Waals surface area contributed by atoms with Crippen LogP contribution in [0.2, 0.25) is 0 Å². The Kier molecular flexibility index (Phi) is 5.47. The lowest BCUT2D eigenvalue weighted by Crippen LogP contribution is -2.33. The van der Waals surface area contributed by atoms with Crippen molar-refractivity contribution in [2.75, 3.05) is 5.32 Å². The van der Waals surface area contributed by atoms with Gasteiger partial charge in [0.15, 0.2) is 11.6 Å². The largest absolute Gasteiger partial charge is 0.378 e.